The number of carbonyl (C=O) groups excluding carboxylic acids is 1. The summed E-state index contributed by atoms with van der Waals surface area (Å²) in [5.74, 6) is -0.0964. The van der Waals surface area contributed by atoms with Gasteiger partial charge in [-0.1, -0.05) is 135 Å². The van der Waals surface area contributed by atoms with Crippen molar-refractivity contribution in [1.82, 2.24) is 0 Å². The molecule has 3 unspecified atom stereocenters. The van der Waals surface area contributed by atoms with Gasteiger partial charge in [0, 0.05) is 5.57 Å². The maximum Gasteiger partial charge on any atom is 0.334 e. The molecule has 2 aliphatic heterocycles. The summed E-state index contributed by atoms with van der Waals surface area (Å²) in [5.41, 5.74) is 0.893. The first-order valence-corrected chi connectivity index (χ1v) is 16.9. The topological polar surface area (TPSA) is 38.8 Å². The van der Waals surface area contributed by atoms with E-state index >= 15 is 0 Å². The van der Waals surface area contributed by atoms with E-state index in [-0.39, 0.29) is 12.1 Å². The zero-order valence-electron chi connectivity index (χ0n) is 25.4. The number of ether oxygens (including phenoxy) is 2. The molecule has 0 aromatic rings. The van der Waals surface area contributed by atoms with Gasteiger partial charge >= 0.3 is 5.97 Å². The maximum atomic E-state index is 11.6. The number of esters is 1. The van der Waals surface area contributed by atoms with Gasteiger partial charge in [-0.05, 0) is 57.9 Å². The number of allylic oxidation sites excluding steroid dienone is 2. The molecule has 1 saturated heterocycles. The lowest BCUT2D eigenvalue weighted by molar-refractivity contribution is -0.139. The largest absolute Gasteiger partial charge is 0.455 e. The molecule has 38 heavy (non-hydrogen) atoms. The van der Waals surface area contributed by atoms with Gasteiger partial charge in [0.05, 0.1) is 12.2 Å². The Labute approximate surface area is 236 Å². The highest BCUT2D eigenvalue weighted by atomic mass is 16.6. The van der Waals surface area contributed by atoms with Crippen molar-refractivity contribution < 1.29 is 14.3 Å². The first kappa shape index (κ1) is 33.1. The molecular formula is C35H62O3. The highest BCUT2D eigenvalue weighted by Crippen LogP contribution is 2.31. The minimum atomic E-state index is -0.0964. The van der Waals surface area contributed by atoms with Crippen LogP contribution in [0.5, 0.6) is 0 Å². The van der Waals surface area contributed by atoms with Crippen molar-refractivity contribution in [1.29, 1.82) is 0 Å². The van der Waals surface area contributed by atoms with Crippen molar-refractivity contribution in [2.24, 2.45) is 0 Å². The van der Waals surface area contributed by atoms with Crippen molar-refractivity contribution in [3.63, 3.8) is 0 Å². The van der Waals surface area contributed by atoms with E-state index in [2.05, 4.69) is 19.1 Å². The minimum Gasteiger partial charge on any atom is -0.455 e. The van der Waals surface area contributed by atoms with Crippen LogP contribution >= 0.6 is 0 Å². The molecule has 220 valence electrons. The Morgan fingerprint density at radius 2 is 1.13 bits per heavy atom. The number of hydrogen-bond donors (Lipinski definition) is 0. The summed E-state index contributed by atoms with van der Waals surface area (Å²) in [5, 5.41) is 0. The molecule has 0 spiro atoms. The Balaban J connectivity index is 1.24. The van der Waals surface area contributed by atoms with E-state index in [9.17, 15) is 4.79 Å². The molecule has 2 aliphatic rings. The average molecular weight is 531 g/mol. The Bertz CT molecular complexity index is 637. The predicted octanol–water partition coefficient (Wildman–Crippen LogP) is 11.0. The van der Waals surface area contributed by atoms with E-state index in [0.29, 0.717) is 12.2 Å². The second kappa shape index (κ2) is 22.7. The number of epoxide rings is 1. The molecule has 0 aromatic carbocycles. The fourth-order valence-corrected chi connectivity index (χ4v) is 5.82. The van der Waals surface area contributed by atoms with Gasteiger partial charge in [-0.15, -0.1) is 0 Å². The predicted molar refractivity (Wildman–Crippen MR) is 163 cm³/mol. The van der Waals surface area contributed by atoms with Crippen LogP contribution in [0, 0.1) is 0 Å². The first-order valence-electron chi connectivity index (χ1n) is 16.9. The molecule has 0 aromatic heterocycles. The molecule has 1 fully saturated rings. The summed E-state index contributed by atoms with van der Waals surface area (Å²) in [7, 11) is 0. The second-order valence-electron chi connectivity index (χ2n) is 12.1. The van der Waals surface area contributed by atoms with Crippen LogP contribution in [-0.4, -0.2) is 24.3 Å². The lowest BCUT2D eigenvalue weighted by Crippen LogP contribution is -2.03. The third kappa shape index (κ3) is 17.5. The Kier molecular flexibility index (Phi) is 19.8. The van der Waals surface area contributed by atoms with Crippen molar-refractivity contribution in [2.45, 2.75) is 193 Å². The van der Waals surface area contributed by atoms with E-state index in [4.69, 9.17) is 9.47 Å². The van der Waals surface area contributed by atoms with Crippen molar-refractivity contribution in [3.8, 4) is 0 Å². The number of unbranched alkanes of at least 4 members (excludes halogenated alkanes) is 19. The number of carbonyl (C=O) groups is 1. The normalized spacial score (nSPS) is 20.8. The molecule has 0 radical (unpaired) electrons. The molecule has 2 heterocycles. The van der Waals surface area contributed by atoms with E-state index < -0.39 is 0 Å². The number of rotatable bonds is 27. The zero-order valence-corrected chi connectivity index (χ0v) is 25.4. The van der Waals surface area contributed by atoms with Gasteiger partial charge in [0.25, 0.3) is 0 Å². The summed E-state index contributed by atoms with van der Waals surface area (Å²) in [6.07, 6.45) is 41.2. The zero-order chi connectivity index (χ0) is 27.1. The fraction of sp³-hybridized carbons (Fsp3) is 0.857. The van der Waals surface area contributed by atoms with Gasteiger partial charge in [0.15, 0.2) is 0 Å². The molecule has 0 aliphatic carbocycles. The number of cyclic esters (lactones) is 1. The standard InChI is InChI=1S/C35H62O3/c1-3-4-5-6-7-8-9-10-11-12-13-14-15-19-22-25-28-33-34(38-33)29-26-23-20-17-16-18-21-24-27-32-30-31(2)37-35(32)36/h19,22,30-31,33-34H,3-18,20-21,23-29H2,1-2H3/b22-19+. The van der Waals surface area contributed by atoms with Gasteiger partial charge in [0.2, 0.25) is 0 Å². The fourth-order valence-electron chi connectivity index (χ4n) is 5.82. The minimum absolute atomic E-state index is 0.0237. The second-order valence-corrected chi connectivity index (χ2v) is 12.1. The first-order chi connectivity index (χ1) is 18.7. The summed E-state index contributed by atoms with van der Waals surface area (Å²) < 4.78 is 11.1. The van der Waals surface area contributed by atoms with E-state index in [1.54, 1.807) is 0 Å². The molecule has 3 heteroatoms. The molecule has 0 amide bonds. The quantitative estimate of drug-likeness (QED) is 0.0459. The van der Waals surface area contributed by atoms with E-state index in [1.807, 2.05) is 13.0 Å². The summed E-state index contributed by atoms with van der Waals surface area (Å²) in [4.78, 5) is 11.6. The van der Waals surface area contributed by atoms with Crippen LogP contribution in [0.4, 0.5) is 0 Å². The van der Waals surface area contributed by atoms with Crippen molar-refractivity contribution in [2.75, 3.05) is 0 Å². The average Bonchev–Trinajstić information content (AvgIpc) is 3.58. The lowest BCUT2D eigenvalue weighted by atomic mass is 10.0. The smallest absolute Gasteiger partial charge is 0.334 e. The molecule has 0 N–H and O–H groups in total. The Morgan fingerprint density at radius 1 is 0.632 bits per heavy atom. The Morgan fingerprint density at radius 3 is 1.71 bits per heavy atom. The third-order valence-electron chi connectivity index (χ3n) is 8.37. The van der Waals surface area contributed by atoms with Crippen LogP contribution in [0.1, 0.15) is 174 Å². The summed E-state index contributed by atoms with van der Waals surface area (Å²) in [6, 6.07) is 0. The molecule has 0 bridgehead atoms. The molecule has 3 nitrogen and oxygen atoms in total. The van der Waals surface area contributed by atoms with Crippen LogP contribution in [0.3, 0.4) is 0 Å². The Hall–Kier alpha value is -1.09. The van der Waals surface area contributed by atoms with E-state index in [1.165, 1.54) is 148 Å². The van der Waals surface area contributed by atoms with Gasteiger partial charge in [-0.3, -0.25) is 0 Å². The molecule has 0 saturated carbocycles. The SMILES string of the molecule is CCCCCCCCCCCCCC/C=C/CCC1OC1CCCCCCCCCCC1=CC(C)OC1=O. The highest BCUT2D eigenvalue weighted by Gasteiger charge is 2.36. The monoisotopic (exact) mass is 530 g/mol. The van der Waals surface area contributed by atoms with Crippen molar-refractivity contribution >= 4 is 5.97 Å². The number of hydrogen-bond acceptors (Lipinski definition) is 3. The maximum absolute atomic E-state index is 11.6. The third-order valence-corrected chi connectivity index (χ3v) is 8.37. The van der Waals surface area contributed by atoms with Crippen LogP contribution in [0.15, 0.2) is 23.8 Å². The summed E-state index contributed by atoms with van der Waals surface area (Å²) in [6.45, 7) is 4.22. The van der Waals surface area contributed by atoms with E-state index in [0.717, 1.165) is 18.4 Å². The van der Waals surface area contributed by atoms with Crippen molar-refractivity contribution in [3.05, 3.63) is 23.8 Å². The lowest BCUT2D eigenvalue weighted by Gasteiger charge is -2.02. The van der Waals surface area contributed by atoms with Gasteiger partial charge in [0.1, 0.15) is 6.10 Å². The summed E-state index contributed by atoms with van der Waals surface area (Å²) >= 11 is 0. The van der Waals surface area contributed by atoms with Gasteiger partial charge < -0.3 is 9.47 Å². The molecular weight excluding hydrogens is 468 g/mol. The van der Waals surface area contributed by atoms with Crippen LogP contribution in [0.25, 0.3) is 0 Å². The molecule has 3 atom stereocenters. The van der Waals surface area contributed by atoms with Crippen LogP contribution < -0.4 is 0 Å². The highest BCUT2D eigenvalue weighted by molar-refractivity contribution is 5.90. The van der Waals surface area contributed by atoms with Gasteiger partial charge in [-0.25, -0.2) is 4.79 Å². The van der Waals surface area contributed by atoms with Gasteiger partial charge in [-0.2, -0.15) is 0 Å². The molecule has 2 rings (SSSR count). The van der Waals surface area contributed by atoms with Crippen LogP contribution in [0.2, 0.25) is 0 Å². The van der Waals surface area contributed by atoms with Crippen LogP contribution in [-0.2, 0) is 14.3 Å².